The van der Waals surface area contributed by atoms with Crippen LogP contribution in [0, 0.1) is 0 Å². The van der Waals surface area contributed by atoms with Crippen molar-refractivity contribution >= 4 is 26.8 Å². The Morgan fingerprint density at radius 3 is 2.82 bits per heavy atom. The summed E-state index contributed by atoms with van der Waals surface area (Å²) in [4.78, 5) is 14.4. The molecule has 22 heavy (non-hydrogen) atoms. The second kappa shape index (κ2) is 5.38. The maximum atomic E-state index is 13.0. The Labute approximate surface area is 128 Å². The Morgan fingerprint density at radius 2 is 2.14 bits per heavy atom. The molecule has 1 amide bonds. The Hall–Kier alpha value is -1.90. The van der Waals surface area contributed by atoms with Crippen molar-refractivity contribution in [2.45, 2.75) is 17.9 Å². The van der Waals surface area contributed by atoms with Gasteiger partial charge in [0.05, 0.1) is 12.7 Å². The highest BCUT2D eigenvalue weighted by atomic mass is 32.2. The van der Waals surface area contributed by atoms with Gasteiger partial charge in [0.25, 0.3) is 5.91 Å². The molecule has 1 aromatic carbocycles. The molecule has 0 radical (unpaired) electrons. The third-order valence-electron chi connectivity index (χ3n) is 3.71. The molecule has 1 atom stereocenters. The van der Waals surface area contributed by atoms with E-state index in [0.717, 1.165) is 0 Å². The molecule has 0 aliphatic carbocycles. The highest BCUT2D eigenvalue weighted by Gasteiger charge is 2.34. The first-order chi connectivity index (χ1) is 10.4. The smallest absolute Gasteiger partial charge is 0.266 e. The molecule has 1 aromatic heterocycles. The van der Waals surface area contributed by atoms with Crippen LogP contribution in [0.2, 0.25) is 0 Å². The Morgan fingerprint density at radius 1 is 1.41 bits per heavy atom. The van der Waals surface area contributed by atoms with Crippen LogP contribution in [0.1, 0.15) is 17.4 Å². The number of hydrogen-bond acceptors (Lipinski definition) is 4. The molecular weight excluding hydrogens is 306 g/mol. The van der Waals surface area contributed by atoms with E-state index >= 15 is 0 Å². The number of primary amides is 1. The van der Waals surface area contributed by atoms with E-state index in [1.807, 2.05) is 6.92 Å². The number of nitrogens with two attached hydrogens (primary N) is 1. The van der Waals surface area contributed by atoms with Gasteiger partial charge in [0.15, 0.2) is 0 Å². The van der Waals surface area contributed by atoms with E-state index in [0.29, 0.717) is 17.5 Å². The standard InChI is InChI=1S/C14H17N3O4S/c1-9-8-17(6-7-21-9)22(19,20)13-10-4-2-3-5-11(10)16-12(13)14(15)18/h2-5,9,16H,6-8H2,1H3,(H2,15,18). The van der Waals surface area contributed by atoms with E-state index in [-0.39, 0.29) is 29.8 Å². The normalized spacial score (nSPS) is 20.3. The molecule has 1 aliphatic heterocycles. The first-order valence-electron chi connectivity index (χ1n) is 6.93. The number of amides is 1. The molecule has 0 saturated carbocycles. The van der Waals surface area contributed by atoms with Gasteiger partial charge in [-0.05, 0) is 13.0 Å². The van der Waals surface area contributed by atoms with Crippen molar-refractivity contribution < 1.29 is 17.9 Å². The van der Waals surface area contributed by atoms with Crippen LogP contribution in [0.25, 0.3) is 10.9 Å². The Bertz CT molecular complexity index is 828. The van der Waals surface area contributed by atoms with Crippen molar-refractivity contribution in [1.29, 1.82) is 0 Å². The van der Waals surface area contributed by atoms with E-state index in [2.05, 4.69) is 4.98 Å². The Balaban J connectivity index is 2.19. The number of sulfonamides is 1. The number of benzene rings is 1. The highest BCUT2D eigenvalue weighted by molar-refractivity contribution is 7.89. The molecule has 0 spiro atoms. The Kier molecular flexibility index (Phi) is 3.67. The monoisotopic (exact) mass is 323 g/mol. The number of nitrogens with zero attached hydrogens (tertiary/aromatic N) is 1. The number of fused-ring (bicyclic) bond motifs is 1. The number of morpholine rings is 1. The van der Waals surface area contributed by atoms with Crippen molar-refractivity contribution in [3.63, 3.8) is 0 Å². The summed E-state index contributed by atoms with van der Waals surface area (Å²) < 4.78 is 32.7. The summed E-state index contributed by atoms with van der Waals surface area (Å²) in [5.74, 6) is -0.795. The van der Waals surface area contributed by atoms with Gasteiger partial charge in [-0.2, -0.15) is 4.31 Å². The lowest BCUT2D eigenvalue weighted by atomic mass is 10.2. The second-order valence-electron chi connectivity index (χ2n) is 5.28. The van der Waals surface area contributed by atoms with Crippen LogP contribution in [0.4, 0.5) is 0 Å². The van der Waals surface area contributed by atoms with Crippen LogP contribution in [0.5, 0.6) is 0 Å². The lowest BCUT2D eigenvalue weighted by Gasteiger charge is -2.30. The number of carbonyl (C=O) groups excluding carboxylic acids is 1. The van der Waals surface area contributed by atoms with Gasteiger partial charge in [-0.15, -0.1) is 0 Å². The van der Waals surface area contributed by atoms with Gasteiger partial charge in [-0.1, -0.05) is 18.2 Å². The molecule has 3 N–H and O–H groups in total. The number of aromatic nitrogens is 1. The van der Waals surface area contributed by atoms with Gasteiger partial charge in [0, 0.05) is 24.0 Å². The fraction of sp³-hybridized carbons (Fsp3) is 0.357. The van der Waals surface area contributed by atoms with Gasteiger partial charge >= 0.3 is 0 Å². The molecule has 1 fully saturated rings. The van der Waals surface area contributed by atoms with E-state index in [1.165, 1.54) is 4.31 Å². The number of H-pyrrole nitrogens is 1. The fourth-order valence-electron chi connectivity index (χ4n) is 2.69. The zero-order chi connectivity index (χ0) is 15.9. The molecule has 3 rings (SSSR count). The van der Waals surface area contributed by atoms with Crippen molar-refractivity contribution in [2.24, 2.45) is 5.73 Å². The van der Waals surface area contributed by atoms with E-state index in [4.69, 9.17) is 10.5 Å². The zero-order valence-corrected chi connectivity index (χ0v) is 12.9. The molecular formula is C14H17N3O4S. The molecule has 1 aliphatic rings. The molecule has 7 nitrogen and oxygen atoms in total. The number of rotatable bonds is 3. The first kappa shape index (κ1) is 15.0. The fourth-order valence-corrected chi connectivity index (χ4v) is 4.54. The molecule has 8 heteroatoms. The summed E-state index contributed by atoms with van der Waals surface area (Å²) in [5.41, 5.74) is 5.84. The summed E-state index contributed by atoms with van der Waals surface area (Å²) >= 11 is 0. The summed E-state index contributed by atoms with van der Waals surface area (Å²) in [6.45, 7) is 2.64. The van der Waals surface area contributed by atoms with Gasteiger partial charge in [0.1, 0.15) is 10.6 Å². The lowest BCUT2D eigenvalue weighted by Crippen LogP contribution is -2.44. The summed E-state index contributed by atoms with van der Waals surface area (Å²) in [6, 6.07) is 6.86. The largest absolute Gasteiger partial charge is 0.376 e. The van der Waals surface area contributed by atoms with Crippen molar-refractivity contribution in [3.05, 3.63) is 30.0 Å². The minimum Gasteiger partial charge on any atom is -0.376 e. The number of aromatic amines is 1. The quantitative estimate of drug-likeness (QED) is 0.866. The maximum Gasteiger partial charge on any atom is 0.266 e. The maximum absolute atomic E-state index is 13.0. The van der Waals surface area contributed by atoms with Gasteiger partial charge in [0.2, 0.25) is 10.0 Å². The minimum absolute atomic E-state index is 0.0512. The molecule has 1 saturated heterocycles. The summed E-state index contributed by atoms with van der Waals surface area (Å²) in [7, 11) is -3.83. The number of hydrogen-bond donors (Lipinski definition) is 2. The zero-order valence-electron chi connectivity index (χ0n) is 12.1. The van der Waals surface area contributed by atoms with Gasteiger partial charge in [-0.25, -0.2) is 8.42 Å². The third-order valence-corrected chi connectivity index (χ3v) is 5.66. The first-order valence-corrected chi connectivity index (χ1v) is 8.37. The molecule has 118 valence electrons. The summed E-state index contributed by atoms with van der Waals surface area (Å²) in [6.07, 6.45) is -0.189. The topological polar surface area (TPSA) is 105 Å². The van der Waals surface area contributed by atoms with Crippen LogP contribution < -0.4 is 5.73 Å². The van der Waals surface area contributed by atoms with Gasteiger partial charge < -0.3 is 15.5 Å². The molecule has 1 unspecified atom stereocenters. The second-order valence-corrected chi connectivity index (χ2v) is 7.16. The van der Waals surface area contributed by atoms with Gasteiger partial charge in [-0.3, -0.25) is 4.79 Å². The number of nitrogens with one attached hydrogen (secondary N) is 1. The van der Waals surface area contributed by atoms with Crippen LogP contribution >= 0.6 is 0 Å². The number of ether oxygens (including phenoxy) is 1. The van der Waals surface area contributed by atoms with Crippen LogP contribution in [0.15, 0.2) is 29.2 Å². The average Bonchev–Trinajstić information content (AvgIpc) is 2.87. The van der Waals surface area contributed by atoms with Crippen LogP contribution in [-0.2, 0) is 14.8 Å². The average molecular weight is 323 g/mol. The van der Waals surface area contributed by atoms with Crippen molar-refractivity contribution in [3.8, 4) is 0 Å². The van der Waals surface area contributed by atoms with Crippen LogP contribution in [-0.4, -0.2) is 49.4 Å². The minimum atomic E-state index is -3.83. The third kappa shape index (κ3) is 2.39. The van der Waals surface area contributed by atoms with Crippen molar-refractivity contribution in [1.82, 2.24) is 9.29 Å². The predicted molar refractivity (Wildman–Crippen MR) is 81.0 cm³/mol. The predicted octanol–water partition coefficient (Wildman–Crippen LogP) is 0.676. The van der Waals surface area contributed by atoms with Crippen LogP contribution in [0.3, 0.4) is 0 Å². The summed E-state index contributed by atoms with van der Waals surface area (Å²) in [5, 5.41) is 0.468. The SMILES string of the molecule is CC1CN(S(=O)(=O)c2c(C(N)=O)[nH]c3ccccc23)CCO1. The molecule has 2 heterocycles. The lowest BCUT2D eigenvalue weighted by molar-refractivity contribution is 0.0102. The molecule has 2 aromatic rings. The number of carbonyl (C=O) groups is 1. The molecule has 0 bridgehead atoms. The highest BCUT2D eigenvalue weighted by Crippen LogP contribution is 2.30. The number of para-hydroxylation sites is 1. The van der Waals surface area contributed by atoms with E-state index < -0.39 is 15.9 Å². The van der Waals surface area contributed by atoms with Crippen molar-refractivity contribution in [2.75, 3.05) is 19.7 Å². The van der Waals surface area contributed by atoms with E-state index in [9.17, 15) is 13.2 Å². The van der Waals surface area contributed by atoms with E-state index in [1.54, 1.807) is 24.3 Å².